The lowest BCUT2D eigenvalue weighted by atomic mass is 10.1. The Kier molecular flexibility index (Phi) is 8.04. The van der Waals surface area contributed by atoms with E-state index >= 15 is 0 Å². The van der Waals surface area contributed by atoms with Crippen molar-refractivity contribution in [3.05, 3.63) is 0 Å². The maximum Gasteiger partial charge on any atom is 0.411 e. The Morgan fingerprint density at radius 1 is 1.38 bits per heavy atom. The van der Waals surface area contributed by atoms with Crippen molar-refractivity contribution in [3.63, 3.8) is 0 Å². The first kappa shape index (κ1) is 15.3. The molecule has 94 valence electrons. The molecule has 1 unspecified atom stereocenters. The first-order valence-corrected chi connectivity index (χ1v) is 5.31. The van der Waals surface area contributed by atoms with Gasteiger partial charge in [0.1, 0.15) is 6.61 Å². The van der Waals surface area contributed by atoms with Gasteiger partial charge in [0.2, 0.25) is 0 Å². The first-order valence-electron chi connectivity index (χ1n) is 5.31. The smallest absolute Gasteiger partial charge is 0.372 e. The molecule has 0 fully saturated rings. The van der Waals surface area contributed by atoms with Gasteiger partial charge in [-0.2, -0.15) is 13.2 Å². The Balaban J connectivity index is 3.64. The Labute approximate surface area is 94.5 Å². The van der Waals surface area contributed by atoms with Gasteiger partial charge in [-0.15, -0.1) is 12.3 Å². The van der Waals surface area contributed by atoms with E-state index in [0.717, 1.165) is 13.0 Å². The molecular formula is C11H18F3NO. The van der Waals surface area contributed by atoms with E-state index in [9.17, 15) is 13.2 Å². The minimum atomic E-state index is -4.24. The fourth-order valence-electron chi connectivity index (χ4n) is 1.31. The zero-order valence-electron chi connectivity index (χ0n) is 9.44. The van der Waals surface area contributed by atoms with E-state index in [4.69, 9.17) is 6.42 Å². The van der Waals surface area contributed by atoms with Crippen LogP contribution in [0.15, 0.2) is 0 Å². The number of ether oxygens (including phenoxy) is 1. The molecule has 0 aliphatic rings. The molecule has 0 spiro atoms. The minimum Gasteiger partial charge on any atom is -0.372 e. The van der Waals surface area contributed by atoms with Crippen molar-refractivity contribution in [2.75, 3.05) is 19.8 Å². The summed E-state index contributed by atoms with van der Waals surface area (Å²) in [5.74, 6) is 2.51. The second-order valence-corrected chi connectivity index (χ2v) is 3.45. The lowest BCUT2D eigenvalue weighted by Crippen LogP contribution is -2.30. The van der Waals surface area contributed by atoms with Crippen LogP contribution in [0, 0.1) is 12.3 Å². The predicted molar refractivity (Wildman–Crippen MR) is 57.0 cm³/mol. The molecule has 1 atom stereocenters. The van der Waals surface area contributed by atoms with Gasteiger partial charge in [-0.1, -0.05) is 6.92 Å². The highest BCUT2D eigenvalue weighted by molar-refractivity contribution is 4.85. The predicted octanol–water partition coefficient (Wildman–Crippen LogP) is 2.35. The molecule has 0 bridgehead atoms. The second-order valence-electron chi connectivity index (χ2n) is 3.45. The van der Waals surface area contributed by atoms with Crippen LogP contribution in [0.5, 0.6) is 0 Å². The molecule has 0 aliphatic heterocycles. The van der Waals surface area contributed by atoms with Crippen molar-refractivity contribution in [1.29, 1.82) is 0 Å². The number of hydrogen-bond donors (Lipinski definition) is 1. The Morgan fingerprint density at radius 3 is 2.56 bits per heavy atom. The Bertz CT molecular complexity index is 210. The van der Waals surface area contributed by atoms with E-state index in [-0.39, 0.29) is 12.6 Å². The number of halogens is 3. The molecule has 0 aliphatic carbocycles. The molecule has 2 nitrogen and oxygen atoms in total. The lowest BCUT2D eigenvalue weighted by molar-refractivity contribution is -0.174. The summed E-state index contributed by atoms with van der Waals surface area (Å²) < 4.78 is 39.8. The van der Waals surface area contributed by atoms with E-state index in [2.05, 4.69) is 16.0 Å². The molecule has 0 rings (SSSR count). The Hall–Kier alpha value is -0.730. The molecule has 0 aromatic rings. The summed E-state index contributed by atoms with van der Waals surface area (Å²) in [7, 11) is 0. The number of nitrogens with one attached hydrogen (secondary N) is 1. The standard InChI is InChI=1S/C11H18F3NO/c1-3-5-6-10(15-4-2)7-8-16-9-11(12,13)14/h1,10,15H,4-9H2,2H3. The van der Waals surface area contributed by atoms with Gasteiger partial charge in [0, 0.05) is 19.1 Å². The normalized spacial score (nSPS) is 13.4. The lowest BCUT2D eigenvalue weighted by Gasteiger charge is -2.17. The zero-order valence-corrected chi connectivity index (χ0v) is 9.44. The minimum absolute atomic E-state index is 0.0990. The van der Waals surface area contributed by atoms with Crippen molar-refractivity contribution in [3.8, 4) is 12.3 Å². The summed E-state index contributed by atoms with van der Waals surface area (Å²) in [6.07, 6.45) is 2.82. The number of terminal acetylenes is 1. The monoisotopic (exact) mass is 237 g/mol. The molecule has 5 heteroatoms. The van der Waals surface area contributed by atoms with Gasteiger partial charge in [-0.05, 0) is 19.4 Å². The van der Waals surface area contributed by atoms with Crippen LogP contribution < -0.4 is 5.32 Å². The van der Waals surface area contributed by atoms with Crippen LogP contribution in [0.3, 0.4) is 0 Å². The summed E-state index contributed by atoms with van der Waals surface area (Å²) in [6.45, 7) is 1.64. The Morgan fingerprint density at radius 2 is 2.06 bits per heavy atom. The van der Waals surface area contributed by atoms with E-state index in [1.165, 1.54) is 0 Å². The van der Waals surface area contributed by atoms with Crippen LogP contribution in [0.25, 0.3) is 0 Å². The molecule has 0 heterocycles. The molecule has 0 aromatic heterocycles. The van der Waals surface area contributed by atoms with Crippen LogP contribution in [0.1, 0.15) is 26.2 Å². The van der Waals surface area contributed by atoms with E-state index < -0.39 is 12.8 Å². The van der Waals surface area contributed by atoms with Crippen LogP contribution in [-0.4, -0.2) is 32.0 Å². The maximum atomic E-state index is 11.8. The highest BCUT2D eigenvalue weighted by Gasteiger charge is 2.27. The summed E-state index contributed by atoms with van der Waals surface area (Å²) >= 11 is 0. The third kappa shape index (κ3) is 9.81. The topological polar surface area (TPSA) is 21.3 Å². The van der Waals surface area contributed by atoms with Crippen molar-refractivity contribution in [2.24, 2.45) is 0 Å². The van der Waals surface area contributed by atoms with Gasteiger partial charge in [0.25, 0.3) is 0 Å². The molecule has 0 saturated carbocycles. The van der Waals surface area contributed by atoms with Crippen LogP contribution >= 0.6 is 0 Å². The van der Waals surface area contributed by atoms with Crippen molar-refractivity contribution in [2.45, 2.75) is 38.4 Å². The average Bonchev–Trinajstić information content (AvgIpc) is 2.19. The van der Waals surface area contributed by atoms with Crippen LogP contribution in [0.2, 0.25) is 0 Å². The largest absolute Gasteiger partial charge is 0.411 e. The fraction of sp³-hybridized carbons (Fsp3) is 0.818. The van der Waals surface area contributed by atoms with Gasteiger partial charge in [-0.3, -0.25) is 0 Å². The molecule has 0 radical (unpaired) electrons. The van der Waals surface area contributed by atoms with Gasteiger partial charge in [0.15, 0.2) is 0 Å². The number of hydrogen-bond acceptors (Lipinski definition) is 2. The highest BCUT2D eigenvalue weighted by Crippen LogP contribution is 2.14. The van der Waals surface area contributed by atoms with Crippen molar-refractivity contribution in [1.82, 2.24) is 5.32 Å². The maximum absolute atomic E-state index is 11.8. The van der Waals surface area contributed by atoms with Crippen LogP contribution in [-0.2, 0) is 4.74 Å². The molecule has 1 N–H and O–H groups in total. The molecule has 0 aromatic carbocycles. The van der Waals surface area contributed by atoms with Crippen LogP contribution in [0.4, 0.5) is 13.2 Å². The third-order valence-corrected chi connectivity index (χ3v) is 2.01. The molecule has 0 amide bonds. The average molecular weight is 237 g/mol. The fourth-order valence-corrected chi connectivity index (χ4v) is 1.31. The van der Waals surface area contributed by atoms with E-state index in [1.54, 1.807) is 0 Å². The summed E-state index contributed by atoms with van der Waals surface area (Å²) in [5.41, 5.74) is 0. The molecule has 0 saturated heterocycles. The second kappa shape index (κ2) is 8.43. The van der Waals surface area contributed by atoms with Gasteiger partial charge < -0.3 is 10.1 Å². The highest BCUT2D eigenvalue weighted by atomic mass is 19.4. The first-order chi connectivity index (χ1) is 7.49. The zero-order chi connectivity index (χ0) is 12.4. The summed E-state index contributed by atoms with van der Waals surface area (Å²) in [6, 6.07) is 0.134. The van der Waals surface area contributed by atoms with Crippen molar-refractivity contribution >= 4 is 0 Å². The number of rotatable bonds is 8. The van der Waals surface area contributed by atoms with Crippen molar-refractivity contribution < 1.29 is 17.9 Å². The van der Waals surface area contributed by atoms with E-state index in [1.807, 2.05) is 6.92 Å². The van der Waals surface area contributed by atoms with Gasteiger partial charge in [-0.25, -0.2) is 0 Å². The SMILES string of the molecule is C#CCCC(CCOCC(F)(F)F)NCC. The third-order valence-electron chi connectivity index (χ3n) is 2.01. The van der Waals surface area contributed by atoms with Gasteiger partial charge in [0.05, 0.1) is 0 Å². The quantitative estimate of drug-likeness (QED) is 0.517. The number of alkyl halides is 3. The van der Waals surface area contributed by atoms with Gasteiger partial charge >= 0.3 is 6.18 Å². The molecule has 16 heavy (non-hydrogen) atoms. The van der Waals surface area contributed by atoms with E-state index in [0.29, 0.717) is 12.8 Å². The summed E-state index contributed by atoms with van der Waals surface area (Å²) in [5, 5.41) is 3.16. The summed E-state index contributed by atoms with van der Waals surface area (Å²) in [4.78, 5) is 0. The molecular weight excluding hydrogens is 219 g/mol.